The number of hydrogen-bond donors (Lipinski definition) is 1. The monoisotopic (exact) mass is 489 g/mol. The predicted octanol–water partition coefficient (Wildman–Crippen LogP) is 3.54. The van der Waals surface area contributed by atoms with Crippen molar-refractivity contribution in [2.45, 2.75) is 51.4 Å². The van der Waals surface area contributed by atoms with Gasteiger partial charge in [0.25, 0.3) is 11.8 Å². The molecule has 1 aromatic heterocycles. The second-order valence-electron chi connectivity index (χ2n) is 9.38. The first-order valence-electron chi connectivity index (χ1n) is 11.9. The number of ether oxygens (including phenoxy) is 1. The summed E-state index contributed by atoms with van der Waals surface area (Å²) in [5.74, 6) is -1.40. The van der Waals surface area contributed by atoms with Gasteiger partial charge in [0, 0.05) is 24.3 Å². The van der Waals surface area contributed by atoms with Crippen molar-refractivity contribution in [2.24, 2.45) is 0 Å². The van der Waals surface area contributed by atoms with E-state index in [9.17, 15) is 19.2 Å². The molecule has 9 nitrogen and oxygen atoms in total. The average Bonchev–Trinajstić information content (AvgIpc) is 3.45. The van der Waals surface area contributed by atoms with E-state index in [2.05, 4.69) is 5.32 Å². The average molecular weight is 490 g/mol. The third-order valence-corrected chi connectivity index (χ3v) is 6.73. The molecule has 1 N–H and O–H groups in total. The maximum absolute atomic E-state index is 13.6. The molecule has 0 spiro atoms. The molecular weight excluding hydrogens is 462 g/mol. The molecule has 186 valence electrons. The number of benzene rings is 2. The summed E-state index contributed by atoms with van der Waals surface area (Å²) in [4.78, 5) is 55.4. The molecule has 5 rings (SSSR count). The minimum atomic E-state index is -1.64. The van der Waals surface area contributed by atoms with E-state index in [1.807, 2.05) is 30.3 Å². The molecule has 2 atom stereocenters. The van der Waals surface area contributed by atoms with E-state index in [1.54, 1.807) is 45.0 Å². The fourth-order valence-corrected chi connectivity index (χ4v) is 5.19. The summed E-state index contributed by atoms with van der Waals surface area (Å²) < 4.78 is 11.3. The molecule has 2 aliphatic heterocycles. The van der Waals surface area contributed by atoms with Crippen molar-refractivity contribution in [1.82, 2.24) is 10.2 Å². The highest BCUT2D eigenvalue weighted by Crippen LogP contribution is 2.45. The van der Waals surface area contributed by atoms with Gasteiger partial charge >= 0.3 is 5.97 Å². The highest BCUT2D eigenvalue weighted by atomic mass is 16.5. The van der Waals surface area contributed by atoms with Gasteiger partial charge in [-0.15, -0.1) is 0 Å². The van der Waals surface area contributed by atoms with Crippen molar-refractivity contribution < 1.29 is 28.3 Å². The molecular formula is C27H27N3O6. The van der Waals surface area contributed by atoms with Crippen LogP contribution in [0.4, 0.5) is 5.69 Å². The number of para-hydroxylation sites is 2. The number of anilines is 1. The van der Waals surface area contributed by atoms with E-state index in [0.717, 1.165) is 5.39 Å². The van der Waals surface area contributed by atoms with Crippen molar-refractivity contribution in [2.75, 3.05) is 11.5 Å². The molecule has 9 heteroatoms. The molecule has 2 aliphatic rings. The van der Waals surface area contributed by atoms with Crippen LogP contribution in [-0.4, -0.2) is 46.9 Å². The minimum absolute atomic E-state index is 0.0786. The Labute approximate surface area is 208 Å². The molecule has 0 bridgehead atoms. The predicted molar refractivity (Wildman–Crippen MR) is 131 cm³/mol. The Morgan fingerprint density at radius 3 is 2.56 bits per heavy atom. The van der Waals surface area contributed by atoms with Crippen LogP contribution in [0, 0.1) is 0 Å². The van der Waals surface area contributed by atoms with Crippen LogP contribution in [-0.2, 0) is 19.1 Å². The molecule has 1 fully saturated rings. The van der Waals surface area contributed by atoms with E-state index in [0.29, 0.717) is 22.6 Å². The zero-order valence-electron chi connectivity index (χ0n) is 20.3. The maximum Gasteiger partial charge on any atom is 0.354 e. The SMILES string of the molecule is CC(NC(=O)COC(=O)C12CCC(=O)N1c1ccccc1C(=O)N2C(C)C)c1cc2ccccc2o1. The first kappa shape index (κ1) is 23.6. The molecule has 2 unspecified atom stereocenters. The lowest BCUT2D eigenvalue weighted by Crippen LogP contribution is -2.70. The third-order valence-electron chi connectivity index (χ3n) is 6.73. The van der Waals surface area contributed by atoms with Crippen LogP contribution in [0.5, 0.6) is 0 Å². The second-order valence-corrected chi connectivity index (χ2v) is 9.38. The zero-order valence-corrected chi connectivity index (χ0v) is 20.3. The summed E-state index contributed by atoms with van der Waals surface area (Å²) in [6.45, 7) is 4.77. The Balaban J connectivity index is 1.35. The number of furan rings is 1. The standard InChI is InChI=1S/C27H27N3O6/c1-16(2)29-25(33)19-9-5-6-10-20(19)30-24(32)12-13-27(29,30)26(34)35-15-23(31)28-17(3)22-14-18-8-4-7-11-21(18)36-22/h4-11,14,16-17H,12-13,15H2,1-3H3,(H,28,31). The van der Waals surface area contributed by atoms with Gasteiger partial charge in [-0.1, -0.05) is 30.3 Å². The normalized spacial score (nSPS) is 19.9. The molecule has 36 heavy (non-hydrogen) atoms. The van der Waals surface area contributed by atoms with E-state index in [1.165, 1.54) is 9.80 Å². The molecule has 0 radical (unpaired) electrons. The lowest BCUT2D eigenvalue weighted by molar-refractivity contribution is -0.161. The number of rotatable bonds is 6. The number of carbonyl (C=O) groups excluding carboxylic acids is 4. The Morgan fingerprint density at radius 1 is 1.08 bits per heavy atom. The fraction of sp³-hybridized carbons (Fsp3) is 0.333. The van der Waals surface area contributed by atoms with Gasteiger partial charge < -0.3 is 19.4 Å². The van der Waals surface area contributed by atoms with E-state index in [-0.39, 0.29) is 24.7 Å². The van der Waals surface area contributed by atoms with Crippen LogP contribution in [0.2, 0.25) is 0 Å². The van der Waals surface area contributed by atoms with Gasteiger partial charge in [0.1, 0.15) is 11.3 Å². The number of hydrogen-bond acceptors (Lipinski definition) is 6. The maximum atomic E-state index is 13.6. The van der Waals surface area contributed by atoms with Gasteiger partial charge in [0.05, 0.1) is 17.3 Å². The van der Waals surface area contributed by atoms with E-state index < -0.39 is 36.2 Å². The van der Waals surface area contributed by atoms with Gasteiger partial charge in [-0.3, -0.25) is 19.3 Å². The summed E-state index contributed by atoms with van der Waals surface area (Å²) in [6.07, 6.45) is 0.162. The van der Waals surface area contributed by atoms with Gasteiger partial charge in [-0.25, -0.2) is 4.79 Å². The summed E-state index contributed by atoms with van der Waals surface area (Å²) in [5.41, 5.74) is -0.202. The Bertz CT molecular complexity index is 1350. The lowest BCUT2D eigenvalue weighted by Gasteiger charge is -2.50. The zero-order chi connectivity index (χ0) is 25.6. The van der Waals surface area contributed by atoms with Gasteiger partial charge in [0.2, 0.25) is 11.6 Å². The van der Waals surface area contributed by atoms with Gasteiger partial charge in [-0.2, -0.15) is 0 Å². The minimum Gasteiger partial charge on any atom is -0.459 e. The Kier molecular flexibility index (Phi) is 5.78. The number of fused-ring (bicyclic) bond motifs is 4. The number of nitrogens with one attached hydrogen (secondary N) is 1. The van der Waals surface area contributed by atoms with Crippen LogP contribution >= 0.6 is 0 Å². The summed E-state index contributed by atoms with van der Waals surface area (Å²) in [6, 6.07) is 15.2. The number of nitrogens with zero attached hydrogens (tertiary/aromatic N) is 2. The highest BCUT2D eigenvalue weighted by molar-refractivity contribution is 6.15. The molecule has 3 aromatic rings. The highest BCUT2D eigenvalue weighted by Gasteiger charge is 2.62. The van der Waals surface area contributed by atoms with Crippen molar-refractivity contribution in [3.05, 3.63) is 65.9 Å². The first-order valence-corrected chi connectivity index (χ1v) is 11.9. The fourth-order valence-electron chi connectivity index (χ4n) is 5.19. The van der Waals surface area contributed by atoms with Crippen molar-refractivity contribution in [3.8, 4) is 0 Å². The van der Waals surface area contributed by atoms with Crippen LogP contribution in [0.3, 0.4) is 0 Å². The van der Waals surface area contributed by atoms with Crippen LogP contribution in [0.15, 0.2) is 59.0 Å². The van der Waals surface area contributed by atoms with Crippen LogP contribution in [0.25, 0.3) is 11.0 Å². The summed E-state index contributed by atoms with van der Waals surface area (Å²) in [7, 11) is 0. The van der Waals surface area contributed by atoms with E-state index in [4.69, 9.17) is 9.15 Å². The molecule has 2 aromatic carbocycles. The quantitative estimate of drug-likeness (QED) is 0.531. The van der Waals surface area contributed by atoms with Crippen LogP contribution < -0.4 is 10.2 Å². The Morgan fingerprint density at radius 2 is 1.81 bits per heavy atom. The number of carbonyl (C=O) groups is 4. The largest absolute Gasteiger partial charge is 0.459 e. The summed E-state index contributed by atoms with van der Waals surface area (Å²) in [5, 5.41) is 3.69. The van der Waals surface area contributed by atoms with Crippen molar-refractivity contribution in [3.63, 3.8) is 0 Å². The first-order chi connectivity index (χ1) is 17.2. The van der Waals surface area contributed by atoms with E-state index >= 15 is 0 Å². The topological polar surface area (TPSA) is 109 Å². The van der Waals surface area contributed by atoms with Crippen molar-refractivity contribution >= 4 is 40.3 Å². The van der Waals surface area contributed by atoms with Crippen molar-refractivity contribution in [1.29, 1.82) is 0 Å². The molecule has 0 saturated carbocycles. The Hall–Kier alpha value is -4.14. The van der Waals surface area contributed by atoms with Gasteiger partial charge in [0.15, 0.2) is 6.61 Å². The smallest absolute Gasteiger partial charge is 0.354 e. The lowest BCUT2D eigenvalue weighted by atomic mass is 9.95. The molecule has 3 amide bonds. The van der Waals surface area contributed by atoms with Crippen LogP contribution in [0.1, 0.15) is 55.8 Å². The number of amides is 3. The number of esters is 1. The molecule has 3 heterocycles. The molecule has 0 aliphatic carbocycles. The third kappa shape index (κ3) is 3.62. The van der Waals surface area contributed by atoms with Gasteiger partial charge in [-0.05, 0) is 45.0 Å². The second kappa shape index (κ2) is 8.82. The molecule has 1 saturated heterocycles. The summed E-state index contributed by atoms with van der Waals surface area (Å²) >= 11 is 0.